The minimum Gasteiger partial charge on any atom is -0.438 e. The maximum atomic E-state index is 6.45. The molecule has 0 amide bonds. The van der Waals surface area contributed by atoms with Gasteiger partial charge >= 0.3 is 0 Å². The van der Waals surface area contributed by atoms with Gasteiger partial charge in [0.15, 0.2) is 5.82 Å². The summed E-state index contributed by atoms with van der Waals surface area (Å²) in [5, 5.41) is 4.26. The van der Waals surface area contributed by atoms with E-state index in [1.165, 1.54) is 22.3 Å². The van der Waals surface area contributed by atoms with Crippen molar-refractivity contribution in [2.75, 3.05) is 0 Å². The van der Waals surface area contributed by atoms with Gasteiger partial charge in [-0.25, -0.2) is 4.98 Å². The first-order valence-electron chi connectivity index (χ1n) is 15.8. The highest BCUT2D eigenvalue weighted by molar-refractivity contribution is 6.21. The molecule has 2 heterocycles. The quantitative estimate of drug-likeness (QED) is 0.197. The molecule has 0 unspecified atom stereocenters. The zero-order valence-electron chi connectivity index (χ0n) is 25.5. The summed E-state index contributed by atoms with van der Waals surface area (Å²) in [7, 11) is 0. The van der Waals surface area contributed by atoms with Gasteiger partial charge in [0.05, 0.1) is 11.1 Å². The lowest BCUT2D eigenvalue weighted by molar-refractivity contribution is 0.654. The van der Waals surface area contributed by atoms with Crippen molar-refractivity contribution in [1.29, 1.82) is 0 Å². The first-order chi connectivity index (χ1) is 23.3. The van der Waals surface area contributed by atoms with Crippen LogP contribution < -0.4 is 0 Å². The highest BCUT2D eigenvalue weighted by Crippen LogP contribution is 2.40. The summed E-state index contributed by atoms with van der Waals surface area (Å²) in [4.78, 5) is 10.2. The van der Waals surface area contributed by atoms with E-state index in [4.69, 9.17) is 14.4 Å². The number of nitrogens with zero attached hydrogens (tertiary/aromatic N) is 2. The number of hydrogen-bond donors (Lipinski definition) is 0. The molecule has 0 aliphatic carbocycles. The maximum Gasteiger partial charge on any atom is 0.231 e. The second-order valence-corrected chi connectivity index (χ2v) is 11.8. The average Bonchev–Trinajstić information content (AvgIpc) is 3.55. The van der Waals surface area contributed by atoms with Crippen LogP contribution in [0.5, 0.6) is 0 Å². The topological polar surface area (TPSA) is 38.9 Å². The molecule has 0 saturated carbocycles. The summed E-state index contributed by atoms with van der Waals surface area (Å²) < 4.78 is 6.45. The standard InChI is InChI=1S/C44H28N2O/c1-3-11-29(12-4-1)30-21-23-31(24-22-30)34-16-9-17-35(27-34)36-18-10-19-37(28-36)42-41-40-38-20-8-7-13-32(38)25-26-39(40)47-44(41)46-43(45-42)33-14-5-2-6-15-33/h1-28H. The van der Waals surface area contributed by atoms with Crippen molar-refractivity contribution in [2.24, 2.45) is 0 Å². The molecule has 0 aliphatic heterocycles. The Morgan fingerprint density at radius 1 is 0.362 bits per heavy atom. The van der Waals surface area contributed by atoms with Crippen LogP contribution in [0.3, 0.4) is 0 Å². The minimum absolute atomic E-state index is 0.589. The van der Waals surface area contributed by atoms with Crippen molar-refractivity contribution in [2.45, 2.75) is 0 Å². The molecule has 0 atom stereocenters. The fourth-order valence-electron chi connectivity index (χ4n) is 6.57. The van der Waals surface area contributed by atoms with Crippen LogP contribution in [0.25, 0.3) is 88.9 Å². The molecule has 0 fully saturated rings. The molecule has 9 rings (SSSR count). The van der Waals surface area contributed by atoms with Crippen molar-refractivity contribution in [3.63, 3.8) is 0 Å². The van der Waals surface area contributed by atoms with E-state index in [1.54, 1.807) is 0 Å². The largest absolute Gasteiger partial charge is 0.438 e. The highest BCUT2D eigenvalue weighted by atomic mass is 16.3. The molecule has 0 N–H and O–H groups in total. The van der Waals surface area contributed by atoms with E-state index in [0.29, 0.717) is 11.5 Å². The van der Waals surface area contributed by atoms with Crippen LogP contribution in [0.4, 0.5) is 0 Å². The number of benzene rings is 7. The van der Waals surface area contributed by atoms with Crippen LogP contribution >= 0.6 is 0 Å². The Balaban J connectivity index is 1.19. The molecule has 0 spiro atoms. The fourth-order valence-corrected chi connectivity index (χ4v) is 6.57. The first-order valence-corrected chi connectivity index (χ1v) is 15.8. The third-order valence-electron chi connectivity index (χ3n) is 8.91. The summed E-state index contributed by atoms with van der Waals surface area (Å²) in [6.07, 6.45) is 0. The van der Waals surface area contributed by atoms with Gasteiger partial charge in [0.1, 0.15) is 5.58 Å². The summed E-state index contributed by atoms with van der Waals surface area (Å²) in [5.74, 6) is 0.641. The summed E-state index contributed by atoms with van der Waals surface area (Å²) in [5.41, 5.74) is 11.3. The molecule has 2 aromatic heterocycles. The Hall–Kier alpha value is -6.32. The van der Waals surface area contributed by atoms with Gasteiger partial charge in [0.25, 0.3) is 0 Å². The van der Waals surface area contributed by atoms with E-state index in [-0.39, 0.29) is 0 Å². The summed E-state index contributed by atoms with van der Waals surface area (Å²) in [6, 6.07) is 59.4. The fraction of sp³-hybridized carbons (Fsp3) is 0. The van der Waals surface area contributed by atoms with Crippen LogP contribution in [0.2, 0.25) is 0 Å². The Kier molecular flexibility index (Phi) is 6.46. The number of furan rings is 1. The van der Waals surface area contributed by atoms with Gasteiger partial charge in [-0.15, -0.1) is 0 Å². The first kappa shape index (κ1) is 27.0. The number of aromatic nitrogens is 2. The van der Waals surface area contributed by atoms with E-state index >= 15 is 0 Å². The molecule has 220 valence electrons. The summed E-state index contributed by atoms with van der Waals surface area (Å²) >= 11 is 0. The van der Waals surface area contributed by atoms with Crippen LogP contribution in [0.15, 0.2) is 174 Å². The monoisotopic (exact) mass is 600 g/mol. The van der Waals surface area contributed by atoms with Crippen LogP contribution in [0, 0.1) is 0 Å². The number of fused-ring (bicyclic) bond motifs is 5. The van der Waals surface area contributed by atoms with Crippen LogP contribution in [-0.4, -0.2) is 9.97 Å². The molecule has 3 nitrogen and oxygen atoms in total. The molecular formula is C44H28N2O. The van der Waals surface area contributed by atoms with Crippen molar-refractivity contribution < 1.29 is 4.42 Å². The van der Waals surface area contributed by atoms with Crippen molar-refractivity contribution in [3.05, 3.63) is 170 Å². The highest BCUT2D eigenvalue weighted by Gasteiger charge is 2.20. The third-order valence-corrected chi connectivity index (χ3v) is 8.91. The lowest BCUT2D eigenvalue weighted by Gasteiger charge is -2.11. The Morgan fingerprint density at radius 2 is 0.894 bits per heavy atom. The van der Waals surface area contributed by atoms with Gasteiger partial charge in [0, 0.05) is 16.5 Å². The van der Waals surface area contributed by atoms with Crippen molar-refractivity contribution in [3.8, 4) is 56.0 Å². The van der Waals surface area contributed by atoms with E-state index in [1.807, 2.05) is 42.5 Å². The maximum absolute atomic E-state index is 6.45. The van der Waals surface area contributed by atoms with Gasteiger partial charge in [-0.3, -0.25) is 0 Å². The lowest BCUT2D eigenvalue weighted by Crippen LogP contribution is -1.94. The Labute approximate surface area is 272 Å². The molecule has 3 heteroatoms. The van der Waals surface area contributed by atoms with Gasteiger partial charge in [0.2, 0.25) is 5.71 Å². The van der Waals surface area contributed by atoms with Gasteiger partial charge in [-0.1, -0.05) is 152 Å². The molecular weight excluding hydrogens is 572 g/mol. The minimum atomic E-state index is 0.589. The van der Waals surface area contributed by atoms with Gasteiger partial charge in [-0.2, -0.15) is 4.98 Å². The Morgan fingerprint density at radius 3 is 1.62 bits per heavy atom. The average molecular weight is 601 g/mol. The Bertz CT molecular complexity index is 2550. The van der Waals surface area contributed by atoms with Crippen molar-refractivity contribution >= 4 is 32.8 Å². The normalized spacial score (nSPS) is 11.4. The number of rotatable bonds is 5. The van der Waals surface area contributed by atoms with E-state index < -0.39 is 0 Å². The SMILES string of the molecule is c1ccc(-c2ccc(-c3cccc(-c4cccc(-c5nc(-c6ccccc6)nc6oc7ccc8ccccc8c7c56)c4)c3)cc2)cc1. The predicted octanol–water partition coefficient (Wildman–Crippen LogP) is 11.9. The van der Waals surface area contributed by atoms with Gasteiger partial charge < -0.3 is 4.42 Å². The molecule has 7 aromatic carbocycles. The van der Waals surface area contributed by atoms with E-state index in [2.05, 4.69) is 127 Å². The predicted molar refractivity (Wildman–Crippen MR) is 194 cm³/mol. The summed E-state index contributed by atoms with van der Waals surface area (Å²) in [6.45, 7) is 0. The van der Waals surface area contributed by atoms with E-state index in [9.17, 15) is 0 Å². The molecule has 0 bridgehead atoms. The van der Waals surface area contributed by atoms with Gasteiger partial charge in [-0.05, 0) is 62.4 Å². The molecule has 0 aliphatic rings. The second-order valence-electron chi connectivity index (χ2n) is 11.8. The smallest absolute Gasteiger partial charge is 0.231 e. The zero-order valence-corrected chi connectivity index (χ0v) is 25.5. The molecule has 0 saturated heterocycles. The lowest BCUT2D eigenvalue weighted by atomic mass is 9.95. The molecule has 0 radical (unpaired) electrons. The van der Waals surface area contributed by atoms with Crippen LogP contribution in [-0.2, 0) is 0 Å². The molecule has 47 heavy (non-hydrogen) atoms. The number of hydrogen-bond acceptors (Lipinski definition) is 3. The molecule has 9 aromatic rings. The second kappa shape index (κ2) is 11.2. The third kappa shape index (κ3) is 4.86. The van der Waals surface area contributed by atoms with E-state index in [0.717, 1.165) is 55.1 Å². The zero-order chi connectivity index (χ0) is 31.2. The van der Waals surface area contributed by atoms with Crippen molar-refractivity contribution in [1.82, 2.24) is 9.97 Å². The van der Waals surface area contributed by atoms with Crippen LogP contribution in [0.1, 0.15) is 0 Å².